The van der Waals surface area contributed by atoms with Gasteiger partial charge in [0.15, 0.2) is 5.82 Å². The molecule has 0 aliphatic carbocycles. The second kappa shape index (κ2) is 6.44. The molecule has 114 valence electrons. The SMILES string of the molecule is Nc1ccc(Br)cc1-c1nc(CCOCC(F)(F)F)no1. The van der Waals surface area contributed by atoms with Gasteiger partial charge < -0.3 is 15.0 Å². The number of aromatic nitrogens is 2. The van der Waals surface area contributed by atoms with Crippen LogP contribution >= 0.6 is 15.9 Å². The highest BCUT2D eigenvalue weighted by Crippen LogP contribution is 2.27. The van der Waals surface area contributed by atoms with E-state index in [0.717, 1.165) is 4.47 Å². The minimum Gasteiger partial charge on any atom is -0.398 e. The fourth-order valence-corrected chi connectivity index (χ4v) is 1.89. The quantitative estimate of drug-likeness (QED) is 0.650. The summed E-state index contributed by atoms with van der Waals surface area (Å²) in [5, 5.41) is 3.68. The van der Waals surface area contributed by atoms with Crippen LogP contribution in [0.4, 0.5) is 18.9 Å². The zero-order valence-electron chi connectivity index (χ0n) is 10.7. The molecule has 0 atom stereocenters. The molecule has 1 heterocycles. The Morgan fingerprint density at radius 1 is 1.33 bits per heavy atom. The second-order valence-corrected chi connectivity index (χ2v) is 5.08. The maximum Gasteiger partial charge on any atom is 0.411 e. The molecule has 9 heteroatoms. The van der Waals surface area contributed by atoms with Crippen LogP contribution in [0.15, 0.2) is 27.2 Å². The molecule has 0 spiro atoms. The van der Waals surface area contributed by atoms with Gasteiger partial charge in [-0.25, -0.2) is 0 Å². The molecule has 0 saturated carbocycles. The third-order valence-corrected chi connectivity index (χ3v) is 2.94. The highest BCUT2D eigenvalue weighted by atomic mass is 79.9. The first-order chi connectivity index (χ1) is 9.85. The molecular weight excluding hydrogens is 355 g/mol. The molecule has 0 saturated heterocycles. The van der Waals surface area contributed by atoms with E-state index >= 15 is 0 Å². The van der Waals surface area contributed by atoms with E-state index in [9.17, 15) is 13.2 Å². The molecule has 2 rings (SSSR count). The highest BCUT2D eigenvalue weighted by molar-refractivity contribution is 9.10. The van der Waals surface area contributed by atoms with Crippen LogP contribution in [0.3, 0.4) is 0 Å². The van der Waals surface area contributed by atoms with E-state index < -0.39 is 12.8 Å². The molecule has 0 aliphatic heterocycles. The molecule has 0 amide bonds. The van der Waals surface area contributed by atoms with Gasteiger partial charge in [0.25, 0.3) is 5.89 Å². The summed E-state index contributed by atoms with van der Waals surface area (Å²) in [6.07, 6.45) is -4.22. The van der Waals surface area contributed by atoms with Crippen LogP contribution in [-0.4, -0.2) is 29.5 Å². The zero-order valence-corrected chi connectivity index (χ0v) is 12.2. The van der Waals surface area contributed by atoms with Crippen molar-refractivity contribution in [3.05, 3.63) is 28.5 Å². The Kier molecular flexibility index (Phi) is 4.84. The lowest BCUT2D eigenvalue weighted by molar-refractivity contribution is -0.173. The highest BCUT2D eigenvalue weighted by Gasteiger charge is 2.27. The number of rotatable bonds is 5. The van der Waals surface area contributed by atoms with Gasteiger partial charge in [0.1, 0.15) is 6.61 Å². The Morgan fingerprint density at radius 3 is 2.81 bits per heavy atom. The number of benzene rings is 1. The van der Waals surface area contributed by atoms with Crippen molar-refractivity contribution in [2.45, 2.75) is 12.6 Å². The van der Waals surface area contributed by atoms with E-state index in [1.807, 2.05) is 0 Å². The van der Waals surface area contributed by atoms with E-state index in [1.165, 1.54) is 0 Å². The summed E-state index contributed by atoms with van der Waals surface area (Å²) in [5.41, 5.74) is 6.82. The first-order valence-electron chi connectivity index (χ1n) is 5.87. The van der Waals surface area contributed by atoms with Crippen LogP contribution in [0.2, 0.25) is 0 Å². The zero-order chi connectivity index (χ0) is 15.5. The number of nitrogen functional groups attached to an aromatic ring is 1. The van der Waals surface area contributed by atoms with Crippen molar-refractivity contribution in [1.29, 1.82) is 0 Å². The third-order valence-electron chi connectivity index (χ3n) is 2.45. The van der Waals surface area contributed by atoms with Crippen LogP contribution in [0.25, 0.3) is 11.5 Å². The standard InChI is InChI=1S/C12H11BrF3N3O2/c13-7-1-2-9(17)8(5-7)11-18-10(19-21-11)3-4-20-6-12(14,15)16/h1-2,5H,3-4,6,17H2. The van der Waals surface area contributed by atoms with Crippen molar-refractivity contribution in [2.24, 2.45) is 0 Å². The summed E-state index contributed by atoms with van der Waals surface area (Å²) in [6, 6.07) is 5.16. The Hall–Kier alpha value is -1.61. The van der Waals surface area contributed by atoms with Crippen molar-refractivity contribution in [2.75, 3.05) is 18.9 Å². The first kappa shape index (κ1) is 15.8. The Labute approximate surface area is 126 Å². The number of anilines is 1. The lowest BCUT2D eigenvalue weighted by Crippen LogP contribution is -2.18. The first-order valence-corrected chi connectivity index (χ1v) is 6.67. The van der Waals surface area contributed by atoms with Gasteiger partial charge >= 0.3 is 6.18 Å². The average molecular weight is 366 g/mol. The van der Waals surface area contributed by atoms with Gasteiger partial charge in [-0.05, 0) is 18.2 Å². The summed E-state index contributed by atoms with van der Waals surface area (Å²) in [4.78, 5) is 4.08. The molecule has 0 unspecified atom stereocenters. The van der Waals surface area contributed by atoms with Gasteiger partial charge in [-0.15, -0.1) is 0 Å². The van der Waals surface area contributed by atoms with Crippen molar-refractivity contribution in [1.82, 2.24) is 10.1 Å². The van der Waals surface area contributed by atoms with Crippen molar-refractivity contribution in [3.63, 3.8) is 0 Å². The van der Waals surface area contributed by atoms with Gasteiger partial charge in [0, 0.05) is 16.6 Å². The van der Waals surface area contributed by atoms with E-state index in [2.05, 4.69) is 30.8 Å². The average Bonchev–Trinajstić information content (AvgIpc) is 2.85. The molecule has 1 aromatic carbocycles. The molecule has 0 fully saturated rings. The second-order valence-electron chi connectivity index (χ2n) is 4.17. The molecule has 0 radical (unpaired) electrons. The van der Waals surface area contributed by atoms with E-state index in [-0.39, 0.29) is 24.7 Å². The Bertz CT molecular complexity index is 616. The Morgan fingerprint density at radius 2 is 2.10 bits per heavy atom. The number of hydrogen-bond acceptors (Lipinski definition) is 5. The predicted molar refractivity (Wildman–Crippen MR) is 72.4 cm³/mol. The number of halogens is 4. The number of nitrogens with two attached hydrogens (primary N) is 1. The van der Waals surface area contributed by atoms with Crippen LogP contribution in [0.5, 0.6) is 0 Å². The molecule has 2 aromatic rings. The molecule has 1 aromatic heterocycles. The maximum absolute atomic E-state index is 11.9. The lowest BCUT2D eigenvalue weighted by atomic mass is 10.2. The summed E-state index contributed by atoms with van der Waals surface area (Å²) >= 11 is 3.30. The number of ether oxygens (including phenoxy) is 1. The molecular formula is C12H11BrF3N3O2. The predicted octanol–water partition coefficient (Wildman–Crippen LogP) is 3.20. The number of nitrogens with zero attached hydrogens (tertiary/aromatic N) is 2. The summed E-state index contributed by atoms with van der Waals surface area (Å²) in [6.45, 7) is -1.44. The van der Waals surface area contributed by atoms with Crippen molar-refractivity contribution >= 4 is 21.6 Å². The van der Waals surface area contributed by atoms with Gasteiger partial charge in [-0.2, -0.15) is 18.2 Å². The van der Waals surface area contributed by atoms with Gasteiger partial charge in [-0.3, -0.25) is 0 Å². The fourth-order valence-electron chi connectivity index (χ4n) is 1.53. The Balaban J connectivity index is 1.97. The molecule has 21 heavy (non-hydrogen) atoms. The minimum absolute atomic E-state index is 0.119. The van der Waals surface area contributed by atoms with Crippen molar-refractivity contribution < 1.29 is 22.4 Å². The van der Waals surface area contributed by atoms with Crippen LogP contribution in [0.1, 0.15) is 5.82 Å². The maximum atomic E-state index is 11.9. The normalized spacial score (nSPS) is 11.8. The number of alkyl halides is 3. The molecule has 0 bridgehead atoms. The van der Waals surface area contributed by atoms with Crippen LogP contribution < -0.4 is 5.73 Å². The van der Waals surface area contributed by atoms with Gasteiger partial charge in [0.05, 0.1) is 12.2 Å². The summed E-state index contributed by atoms with van der Waals surface area (Å²) in [7, 11) is 0. The minimum atomic E-state index is -4.34. The summed E-state index contributed by atoms with van der Waals surface area (Å²) in [5.74, 6) is 0.464. The molecule has 5 nitrogen and oxygen atoms in total. The topological polar surface area (TPSA) is 74.2 Å². The molecule has 0 aliphatic rings. The van der Waals surface area contributed by atoms with E-state index in [0.29, 0.717) is 11.3 Å². The van der Waals surface area contributed by atoms with Gasteiger partial charge in [-0.1, -0.05) is 21.1 Å². The monoisotopic (exact) mass is 365 g/mol. The van der Waals surface area contributed by atoms with Gasteiger partial charge in [0.2, 0.25) is 0 Å². The van der Waals surface area contributed by atoms with E-state index in [1.54, 1.807) is 18.2 Å². The summed E-state index contributed by atoms with van der Waals surface area (Å²) < 4.78 is 46.0. The van der Waals surface area contributed by atoms with Crippen LogP contribution in [-0.2, 0) is 11.2 Å². The largest absolute Gasteiger partial charge is 0.411 e. The lowest BCUT2D eigenvalue weighted by Gasteiger charge is -2.05. The third kappa shape index (κ3) is 4.71. The van der Waals surface area contributed by atoms with E-state index in [4.69, 9.17) is 10.3 Å². The van der Waals surface area contributed by atoms with Crippen LogP contribution in [0, 0.1) is 0 Å². The molecule has 2 N–H and O–H groups in total. The number of hydrogen-bond donors (Lipinski definition) is 1. The smallest absolute Gasteiger partial charge is 0.398 e. The fraction of sp³-hybridized carbons (Fsp3) is 0.333. The van der Waals surface area contributed by atoms with Crippen molar-refractivity contribution in [3.8, 4) is 11.5 Å².